The normalized spacial score (nSPS) is 11.7. The number of amides is 2. The van der Waals surface area contributed by atoms with E-state index in [1.54, 1.807) is 24.3 Å². The predicted molar refractivity (Wildman–Crippen MR) is 143 cm³/mol. The maximum Gasteiger partial charge on any atom is 0.251 e. The van der Waals surface area contributed by atoms with Gasteiger partial charge < -0.3 is 16.0 Å². The van der Waals surface area contributed by atoms with Gasteiger partial charge in [-0.3, -0.25) is 19.4 Å². The molecule has 3 rings (SSSR count). The summed E-state index contributed by atoms with van der Waals surface area (Å²) in [6, 6.07) is 18.9. The van der Waals surface area contributed by atoms with E-state index in [4.69, 9.17) is 0 Å². The van der Waals surface area contributed by atoms with Crippen LogP contribution in [0.4, 0.5) is 0 Å². The van der Waals surface area contributed by atoms with Crippen LogP contribution in [0.5, 0.6) is 0 Å². The Morgan fingerprint density at radius 2 is 1.72 bits per heavy atom. The summed E-state index contributed by atoms with van der Waals surface area (Å²) in [6.07, 6.45) is 6.59. The Morgan fingerprint density at radius 1 is 0.944 bits per heavy atom. The lowest BCUT2D eigenvalue weighted by Gasteiger charge is -2.20. The predicted octanol–water partition coefficient (Wildman–Crippen LogP) is 4.17. The number of unbranched alkanes of at least 4 members (excludes halogenated alkanes) is 2. The number of carbonyl (C=O) groups is 3. The van der Waals surface area contributed by atoms with Crippen molar-refractivity contribution in [1.29, 1.82) is 0 Å². The largest absolute Gasteiger partial charge is 0.351 e. The molecule has 1 heterocycles. The van der Waals surface area contributed by atoms with Crippen LogP contribution in [-0.2, 0) is 16.1 Å². The fourth-order valence-corrected chi connectivity index (χ4v) is 4.03. The quantitative estimate of drug-likeness (QED) is 0.279. The maximum atomic E-state index is 12.6. The molecular weight excluding hydrogens is 452 g/mol. The van der Waals surface area contributed by atoms with Crippen molar-refractivity contribution in [2.75, 3.05) is 13.1 Å². The number of Topliss-reactive ketones (excluding diaryl/α,β-unsaturated/α-hetero) is 1. The van der Waals surface area contributed by atoms with Crippen LogP contribution in [0.15, 0.2) is 66.9 Å². The van der Waals surface area contributed by atoms with Gasteiger partial charge in [0.05, 0.1) is 12.1 Å². The molecule has 2 amide bonds. The molecule has 3 aromatic rings. The fourth-order valence-electron chi connectivity index (χ4n) is 4.03. The highest BCUT2D eigenvalue weighted by atomic mass is 16.2. The number of carbonyl (C=O) groups excluding carboxylic acids is 3. The number of rotatable bonds is 15. The van der Waals surface area contributed by atoms with Gasteiger partial charge in [0.2, 0.25) is 5.91 Å². The third-order valence-corrected chi connectivity index (χ3v) is 6.08. The first-order chi connectivity index (χ1) is 17.5. The third kappa shape index (κ3) is 9.23. The van der Waals surface area contributed by atoms with Crippen molar-refractivity contribution >= 4 is 28.5 Å². The molecule has 1 aromatic heterocycles. The Balaban J connectivity index is 1.48. The average Bonchev–Trinajstić information content (AvgIpc) is 2.91. The summed E-state index contributed by atoms with van der Waals surface area (Å²) in [5.41, 5.74) is 2.56. The maximum absolute atomic E-state index is 12.6. The summed E-state index contributed by atoms with van der Waals surface area (Å²) in [5.74, 6) is -0.205. The number of ketones is 1. The van der Waals surface area contributed by atoms with Crippen LogP contribution in [0, 0.1) is 0 Å². The topological polar surface area (TPSA) is 100 Å². The van der Waals surface area contributed by atoms with Gasteiger partial charge in [-0.25, -0.2) is 0 Å². The molecular formula is C29H36N4O3. The Labute approximate surface area is 213 Å². The minimum absolute atomic E-state index is 0.0795. The van der Waals surface area contributed by atoms with Crippen LogP contribution in [-0.4, -0.2) is 41.7 Å². The molecule has 0 spiro atoms. The van der Waals surface area contributed by atoms with Crippen molar-refractivity contribution < 1.29 is 14.4 Å². The molecule has 0 saturated carbocycles. The van der Waals surface area contributed by atoms with Crippen molar-refractivity contribution in [3.05, 3.63) is 78.0 Å². The van der Waals surface area contributed by atoms with E-state index >= 15 is 0 Å². The van der Waals surface area contributed by atoms with Gasteiger partial charge in [-0.05, 0) is 42.7 Å². The lowest BCUT2D eigenvalue weighted by atomic mass is 10.0. The monoisotopic (exact) mass is 488 g/mol. The van der Waals surface area contributed by atoms with Gasteiger partial charge in [0.25, 0.3) is 5.91 Å². The molecule has 7 nitrogen and oxygen atoms in total. The van der Waals surface area contributed by atoms with E-state index in [1.165, 1.54) is 0 Å². The first-order valence-corrected chi connectivity index (χ1v) is 12.7. The number of nitrogens with zero attached hydrogens (tertiary/aromatic N) is 1. The number of aromatic nitrogens is 1. The summed E-state index contributed by atoms with van der Waals surface area (Å²) in [6.45, 7) is 3.05. The Bertz CT molecular complexity index is 1130. The van der Waals surface area contributed by atoms with Gasteiger partial charge in [-0.2, -0.15) is 0 Å². The van der Waals surface area contributed by atoms with E-state index < -0.39 is 0 Å². The number of nitrogens with one attached hydrogen (secondary N) is 3. The van der Waals surface area contributed by atoms with Crippen molar-refractivity contribution in [3.63, 3.8) is 0 Å². The fraction of sp³-hybridized carbons (Fsp3) is 0.379. The summed E-state index contributed by atoms with van der Waals surface area (Å²) < 4.78 is 0. The van der Waals surface area contributed by atoms with E-state index in [1.807, 2.05) is 43.5 Å². The lowest BCUT2D eigenvalue weighted by Crippen LogP contribution is -2.46. The number of benzene rings is 2. The van der Waals surface area contributed by atoms with E-state index in [-0.39, 0.29) is 24.4 Å². The van der Waals surface area contributed by atoms with Gasteiger partial charge in [0.1, 0.15) is 5.78 Å². The highest BCUT2D eigenvalue weighted by molar-refractivity contribution is 5.96. The van der Waals surface area contributed by atoms with Crippen LogP contribution in [0.1, 0.15) is 61.4 Å². The zero-order chi connectivity index (χ0) is 25.6. The molecule has 1 unspecified atom stereocenters. The van der Waals surface area contributed by atoms with Crippen molar-refractivity contribution in [2.24, 2.45) is 0 Å². The Morgan fingerprint density at radius 3 is 2.53 bits per heavy atom. The smallest absolute Gasteiger partial charge is 0.251 e. The lowest BCUT2D eigenvalue weighted by molar-refractivity contribution is -0.121. The molecule has 0 radical (unpaired) electrons. The molecule has 0 fully saturated rings. The Hall–Kier alpha value is -3.58. The highest BCUT2D eigenvalue weighted by Crippen LogP contribution is 2.13. The van der Waals surface area contributed by atoms with Crippen molar-refractivity contribution in [2.45, 2.75) is 58.0 Å². The molecule has 0 bridgehead atoms. The van der Waals surface area contributed by atoms with Crippen LogP contribution >= 0.6 is 0 Å². The third-order valence-electron chi connectivity index (χ3n) is 6.08. The molecule has 0 saturated heterocycles. The average molecular weight is 489 g/mol. The van der Waals surface area contributed by atoms with E-state index in [0.29, 0.717) is 37.3 Å². The number of fused-ring (bicyclic) bond motifs is 1. The molecule has 2 aromatic carbocycles. The van der Waals surface area contributed by atoms with E-state index in [2.05, 4.69) is 27.0 Å². The number of hydrogen-bond acceptors (Lipinski definition) is 5. The van der Waals surface area contributed by atoms with Gasteiger partial charge >= 0.3 is 0 Å². The molecule has 7 heteroatoms. The summed E-state index contributed by atoms with van der Waals surface area (Å²) in [7, 11) is 0. The number of para-hydroxylation sites is 1. The van der Waals surface area contributed by atoms with E-state index in [9.17, 15) is 14.4 Å². The summed E-state index contributed by atoms with van der Waals surface area (Å²) >= 11 is 0. The molecule has 0 aliphatic rings. The van der Waals surface area contributed by atoms with Gasteiger partial charge in [0, 0.05) is 49.1 Å². The highest BCUT2D eigenvalue weighted by Gasteiger charge is 2.14. The van der Waals surface area contributed by atoms with Crippen molar-refractivity contribution in [1.82, 2.24) is 20.9 Å². The van der Waals surface area contributed by atoms with Crippen LogP contribution in [0.2, 0.25) is 0 Å². The molecule has 36 heavy (non-hydrogen) atoms. The van der Waals surface area contributed by atoms with E-state index in [0.717, 1.165) is 42.1 Å². The zero-order valence-electron chi connectivity index (χ0n) is 21.0. The molecule has 1 atom stereocenters. The second-order valence-corrected chi connectivity index (χ2v) is 8.97. The van der Waals surface area contributed by atoms with Gasteiger partial charge in [0.15, 0.2) is 0 Å². The van der Waals surface area contributed by atoms with Crippen LogP contribution < -0.4 is 16.0 Å². The second kappa shape index (κ2) is 14.7. The minimum atomic E-state index is -0.273. The Kier molecular flexibility index (Phi) is 11.1. The van der Waals surface area contributed by atoms with Crippen LogP contribution in [0.25, 0.3) is 10.9 Å². The molecule has 3 N–H and O–H groups in total. The SMILES string of the molecule is CCC(=O)CCCCCC(CNCc1cnc2ccccc2c1)NC(=O)CNC(=O)c1ccccc1. The zero-order valence-corrected chi connectivity index (χ0v) is 21.0. The molecule has 0 aliphatic carbocycles. The summed E-state index contributed by atoms with van der Waals surface area (Å²) in [5, 5.41) is 10.3. The van der Waals surface area contributed by atoms with Gasteiger partial charge in [-0.15, -0.1) is 0 Å². The second-order valence-electron chi connectivity index (χ2n) is 8.97. The first kappa shape index (κ1) is 27.0. The first-order valence-electron chi connectivity index (χ1n) is 12.7. The minimum Gasteiger partial charge on any atom is -0.351 e. The number of hydrogen-bond donors (Lipinski definition) is 3. The molecule has 190 valence electrons. The van der Waals surface area contributed by atoms with Crippen LogP contribution in [0.3, 0.4) is 0 Å². The molecule has 0 aliphatic heterocycles. The van der Waals surface area contributed by atoms with Crippen molar-refractivity contribution in [3.8, 4) is 0 Å². The van der Waals surface area contributed by atoms with Gasteiger partial charge in [-0.1, -0.05) is 56.2 Å². The summed E-state index contributed by atoms with van der Waals surface area (Å²) in [4.78, 5) is 40.9. The standard InChI is InChI=1S/C29H36N4O3/c1-2-26(34)15-8-4-7-14-25(33-28(35)21-32-29(36)23-11-5-3-6-12-23)20-30-18-22-17-24-13-9-10-16-27(24)31-19-22/h3,5-6,9-13,16-17,19,25,30H,2,4,7-8,14-15,18,20-21H2,1H3,(H,32,36)(H,33,35). The number of pyridine rings is 1.